The van der Waals surface area contributed by atoms with Gasteiger partial charge in [0.2, 0.25) is 5.91 Å². The smallest absolute Gasteiger partial charge is 0.407 e. The van der Waals surface area contributed by atoms with E-state index in [0.717, 1.165) is 13.0 Å². The minimum atomic E-state index is -0.428. The molecule has 5 heteroatoms. The third-order valence-corrected chi connectivity index (χ3v) is 3.86. The third-order valence-electron chi connectivity index (χ3n) is 3.86. The van der Waals surface area contributed by atoms with Gasteiger partial charge in [0.25, 0.3) is 0 Å². The summed E-state index contributed by atoms with van der Waals surface area (Å²) in [6.45, 7) is 11.4. The van der Waals surface area contributed by atoms with Crippen molar-refractivity contribution < 1.29 is 14.3 Å². The normalized spacial score (nSPS) is 23.6. The van der Waals surface area contributed by atoms with E-state index >= 15 is 0 Å². The number of nitrogens with zero attached hydrogens (tertiary/aromatic N) is 1. The lowest BCUT2D eigenvalue weighted by Crippen LogP contribution is -2.55. The fourth-order valence-electron chi connectivity index (χ4n) is 2.59. The van der Waals surface area contributed by atoms with Crippen LogP contribution < -0.4 is 5.32 Å². The zero-order valence-corrected chi connectivity index (χ0v) is 13.5. The molecule has 0 aromatic carbocycles. The molecule has 0 saturated carbocycles. The number of piperidine rings is 1. The summed E-state index contributed by atoms with van der Waals surface area (Å²) in [6.07, 6.45) is 0.461. The Morgan fingerprint density at radius 3 is 2.30 bits per heavy atom. The molecule has 1 rings (SSSR count). The number of nitrogens with one attached hydrogen (secondary N) is 1. The molecule has 1 heterocycles. The maximum absolute atomic E-state index is 12.5. The highest BCUT2D eigenvalue weighted by Gasteiger charge is 2.36. The van der Waals surface area contributed by atoms with Crippen LogP contribution in [-0.4, -0.2) is 43.1 Å². The van der Waals surface area contributed by atoms with Crippen molar-refractivity contribution in [2.24, 2.45) is 17.3 Å². The van der Waals surface area contributed by atoms with Crippen molar-refractivity contribution in [1.29, 1.82) is 0 Å². The topological polar surface area (TPSA) is 58.6 Å². The summed E-state index contributed by atoms with van der Waals surface area (Å²) in [7, 11) is 1.36. The van der Waals surface area contributed by atoms with Crippen LogP contribution in [0.3, 0.4) is 0 Å². The van der Waals surface area contributed by atoms with E-state index in [1.165, 1.54) is 7.11 Å². The van der Waals surface area contributed by atoms with Gasteiger partial charge in [-0.25, -0.2) is 4.79 Å². The van der Waals surface area contributed by atoms with E-state index < -0.39 is 11.5 Å². The summed E-state index contributed by atoms with van der Waals surface area (Å²) in [6, 6.07) is -0.0325. The van der Waals surface area contributed by atoms with Crippen LogP contribution in [0.25, 0.3) is 0 Å². The third kappa shape index (κ3) is 4.39. The fraction of sp³-hybridized carbons (Fsp3) is 0.867. The van der Waals surface area contributed by atoms with Crippen LogP contribution in [0.15, 0.2) is 0 Å². The first-order valence-electron chi connectivity index (χ1n) is 7.29. The van der Waals surface area contributed by atoms with E-state index in [4.69, 9.17) is 0 Å². The summed E-state index contributed by atoms with van der Waals surface area (Å²) < 4.78 is 4.66. The quantitative estimate of drug-likeness (QED) is 0.846. The Labute approximate surface area is 122 Å². The SMILES string of the molecule is COC(=O)NC1CC(C(C)C)CN(C(=O)C(C)(C)C)C1. The molecular weight excluding hydrogens is 256 g/mol. The van der Waals surface area contributed by atoms with Gasteiger partial charge in [-0.05, 0) is 18.3 Å². The van der Waals surface area contributed by atoms with E-state index in [1.54, 1.807) is 0 Å². The summed E-state index contributed by atoms with van der Waals surface area (Å²) in [5, 5.41) is 2.83. The molecular formula is C15H28N2O3. The van der Waals surface area contributed by atoms with Gasteiger partial charge in [-0.2, -0.15) is 0 Å². The fourth-order valence-corrected chi connectivity index (χ4v) is 2.59. The minimum Gasteiger partial charge on any atom is -0.453 e. The van der Waals surface area contributed by atoms with Crippen molar-refractivity contribution in [1.82, 2.24) is 10.2 Å². The molecule has 1 aliphatic rings. The Bertz CT molecular complexity index is 361. The first kappa shape index (κ1) is 16.8. The molecule has 1 fully saturated rings. The number of alkyl carbamates (subject to hydrolysis) is 1. The summed E-state index contributed by atoms with van der Waals surface area (Å²) in [4.78, 5) is 25.7. The van der Waals surface area contributed by atoms with Gasteiger partial charge >= 0.3 is 6.09 Å². The number of carbonyl (C=O) groups is 2. The Morgan fingerprint density at radius 1 is 1.25 bits per heavy atom. The zero-order valence-electron chi connectivity index (χ0n) is 13.5. The van der Waals surface area contributed by atoms with Gasteiger partial charge in [0, 0.05) is 18.5 Å². The van der Waals surface area contributed by atoms with E-state index in [-0.39, 0.29) is 11.9 Å². The minimum absolute atomic E-state index is 0.0325. The second-order valence-corrected chi connectivity index (χ2v) is 7.03. The van der Waals surface area contributed by atoms with Crippen molar-refractivity contribution in [3.05, 3.63) is 0 Å². The maximum atomic E-state index is 12.5. The number of likely N-dealkylation sites (tertiary alicyclic amines) is 1. The monoisotopic (exact) mass is 284 g/mol. The molecule has 20 heavy (non-hydrogen) atoms. The molecule has 0 bridgehead atoms. The summed E-state index contributed by atoms with van der Waals surface area (Å²) >= 11 is 0. The van der Waals surface area contributed by atoms with E-state index in [0.29, 0.717) is 18.4 Å². The predicted molar refractivity (Wildman–Crippen MR) is 78.3 cm³/mol. The number of ether oxygens (including phenoxy) is 1. The van der Waals surface area contributed by atoms with Crippen LogP contribution in [0.4, 0.5) is 4.79 Å². The first-order chi connectivity index (χ1) is 9.15. The number of rotatable bonds is 2. The Hall–Kier alpha value is -1.26. The Kier molecular flexibility index (Phi) is 5.42. The average Bonchev–Trinajstić information content (AvgIpc) is 2.36. The summed E-state index contributed by atoms with van der Waals surface area (Å²) in [5.41, 5.74) is -0.394. The van der Waals surface area contributed by atoms with Crippen LogP contribution in [0.5, 0.6) is 0 Å². The van der Waals surface area contributed by atoms with Crippen LogP contribution in [0.2, 0.25) is 0 Å². The molecule has 2 unspecified atom stereocenters. The second kappa shape index (κ2) is 6.46. The molecule has 2 amide bonds. The molecule has 2 atom stereocenters. The number of hydrogen-bond acceptors (Lipinski definition) is 3. The highest BCUT2D eigenvalue weighted by atomic mass is 16.5. The predicted octanol–water partition coefficient (Wildman–Crippen LogP) is 2.26. The second-order valence-electron chi connectivity index (χ2n) is 7.03. The van der Waals surface area contributed by atoms with E-state index in [9.17, 15) is 9.59 Å². The van der Waals surface area contributed by atoms with Crippen LogP contribution in [0, 0.1) is 17.3 Å². The molecule has 0 aromatic heterocycles. The van der Waals surface area contributed by atoms with Gasteiger partial charge in [0.15, 0.2) is 0 Å². The lowest BCUT2D eigenvalue weighted by Gasteiger charge is -2.41. The van der Waals surface area contributed by atoms with Gasteiger partial charge in [-0.15, -0.1) is 0 Å². The van der Waals surface area contributed by atoms with Crippen LogP contribution in [-0.2, 0) is 9.53 Å². The molecule has 1 N–H and O–H groups in total. The molecule has 0 aromatic rings. The van der Waals surface area contributed by atoms with Crippen molar-refractivity contribution >= 4 is 12.0 Å². The Morgan fingerprint density at radius 2 is 1.85 bits per heavy atom. The van der Waals surface area contributed by atoms with Crippen LogP contribution in [0.1, 0.15) is 41.0 Å². The lowest BCUT2D eigenvalue weighted by molar-refractivity contribution is -0.142. The molecule has 0 spiro atoms. The lowest BCUT2D eigenvalue weighted by atomic mass is 9.84. The highest BCUT2D eigenvalue weighted by molar-refractivity contribution is 5.81. The molecule has 116 valence electrons. The van der Waals surface area contributed by atoms with Gasteiger partial charge in [0.05, 0.1) is 13.2 Å². The van der Waals surface area contributed by atoms with Crippen LogP contribution >= 0.6 is 0 Å². The van der Waals surface area contributed by atoms with Crippen molar-refractivity contribution in [2.45, 2.75) is 47.1 Å². The number of amides is 2. The molecule has 0 aliphatic carbocycles. The molecule has 1 saturated heterocycles. The van der Waals surface area contributed by atoms with Gasteiger partial charge in [-0.1, -0.05) is 34.6 Å². The summed E-state index contributed by atoms with van der Waals surface area (Å²) in [5.74, 6) is 1.02. The Balaban J connectivity index is 2.80. The molecule has 0 radical (unpaired) electrons. The number of hydrogen-bond donors (Lipinski definition) is 1. The average molecular weight is 284 g/mol. The zero-order chi connectivity index (χ0) is 15.5. The number of methoxy groups -OCH3 is 1. The van der Waals surface area contributed by atoms with Gasteiger partial charge in [-0.3, -0.25) is 4.79 Å². The van der Waals surface area contributed by atoms with E-state index in [2.05, 4.69) is 23.9 Å². The van der Waals surface area contributed by atoms with Gasteiger partial charge in [0.1, 0.15) is 0 Å². The molecule has 1 aliphatic heterocycles. The molecule has 5 nitrogen and oxygen atoms in total. The highest BCUT2D eigenvalue weighted by Crippen LogP contribution is 2.27. The van der Waals surface area contributed by atoms with Crippen molar-refractivity contribution in [2.75, 3.05) is 20.2 Å². The van der Waals surface area contributed by atoms with Crippen molar-refractivity contribution in [3.8, 4) is 0 Å². The number of carbonyl (C=O) groups excluding carboxylic acids is 2. The largest absolute Gasteiger partial charge is 0.453 e. The standard InChI is InChI=1S/C15H28N2O3/c1-10(2)11-7-12(16-14(19)20-6)9-17(8-11)13(18)15(3,4)5/h10-12H,7-9H2,1-6H3,(H,16,19). The van der Waals surface area contributed by atoms with Gasteiger partial charge < -0.3 is 15.0 Å². The van der Waals surface area contributed by atoms with Crippen molar-refractivity contribution in [3.63, 3.8) is 0 Å². The first-order valence-corrected chi connectivity index (χ1v) is 7.29. The maximum Gasteiger partial charge on any atom is 0.407 e. The van der Waals surface area contributed by atoms with E-state index in [1.807, 2.05) is 25.7 Å².